The summed E-state index contributed by atoms with van der Waals surface area (Å²) in [6, 6.07) is 10.1. The summed E-state index contributed by atoms with van der Waals surface area (Å²) in [7, 11) is 0. The third-order valence-electron chi connectivity index (χ3n) is 3.28. The number of aliphatic hydroxyl groups excluding tert-OH is 1. The van der Waals surface area contributed by atoms with Gasteiger partial charge in [-0.2, -0.15) is 0 Å². The van der Waals surface area contributed by atoms with Crippen LogP contribution < -0.4 is 10.1 Å². The maximum atomic E-state index is 9.01. The molecule has 1 aromatic carbocycles. The smallest absolute Gasteiger partial charge is 0.146 e. The first-order valence-corrected chi connectivity index (χ1v) is 6.88. The Balaban J connectivity index is 1.64. The van der Waals surface area contributed by atoms with Gasteiger partial charge in [0.25, 0.3) is 0 Å². The highest BCUT2D eigenvalue weighted by Crippen LogP contribution is 2.23. The van der Waals surface area contributed by atoms with Crippen molar-refractivity contribution < 1.29 is 9.84 Å². The lowest BCUT2D eigenvalue weighted by Crippen LogP contribution is -2.15. The quantitative estimate of drug-likeness (QED) is 0.847. The van der Waals surface area contributed by atoms with Gasteiger partial charge >= 0.3 is 0 Å². The van der Waals surface area contributed by atoms with E-state index in [4.69, 9.17) is 9.84 Å². The first kappa shape index (κ1) is 13.1. The van der Waals surface area contributed by atoms with Gasteiger partial charge in [0.2, 0.25) is 0 Å². The molecule has 1 aliphatic carbocycles. The van der Waals surface area contributed by atoms with E-state index in [9.17, 15) is 0 Å². The van der Waals surface area contributed by atoms with E-state index in [2.05, 4.69) is 10.3 Å². The molecule has 1 aliphatic rings. The zero-order valence-electron chi connectivity index (χ0n) is 11.2. The van der Waals surface area contributed by atoms with Crippen molar-refractivity contribution in [1.29, 1.82) is 0 Å². The minimum absolute atomic E-state index is 0.0458. The predicted molar refractivity (Wildman–Crippen MR) is 76.5 cm³/mol. The van der Waals surface area contributed by atoms with Crippen LogP contribution in [0, 0.1) is 0 Å². The number of aromatic nitrogens is 1. The third kappa shape index (κ3) is 3.56. The van der Waals surface area contributed by atoms with Gasteiger partial charge in [-0.15, -0.1) is 0 Å². The number of nitrogens with one attached hydrogen (secondary N) is 1. The summed E-state index contributed by atoms with van der Waals surface area (Å²) in [6.45, 7) is 0.877. The first-order chi connectivity index (χ1) is 9.83. The second-order valence-electron chi connectivity index (χ2n) is 5.09. The molecule has 104 valence electrons. The molecule has 20 heavy (non-hydrogen) atoms. The molecule has 2 aromatic rings. The molecule has 0 atom stereocenters. The molecule has 0 bridgehead atoms. The second kappa shape index (κ2) is 6.03. The number of pyridine rings is 1. The molecular weight excluding hydrogens is 252 g/mol. The Hall–Kier alpha value is -1.91. The van der Waals surface area contributed by atoms with Crippen molar-refractivity contribution in [3.05, 3.63) is 53.9 Å². The molecule has 3 rings (SSSR count). The van der Waals surface area contributed by atoms with E-state index in [0.29, 0.717) is 6.04 Å². The SMILES string of the molecule is OCc1ccc(Oc2cncc(CNC3CC3)c2)cc1. The van der Waals surface area contributed by atoms with Gasteiger partial charge in [0.05, 0.1) is 12.8 Å². The molecule has 0 spiro atoms. The van der Waals surface area contributed by atoms with E-state index < -0.39 is 0 Å². The molecule has 0 unspecified atom stereocenters. The molecule has 0 saturated heterocycles. The van der Waals surface area contributed by atoms with Crippen LogP contribution in [0.15, 0.2) is 42.7 Å². The highest BCUT2D eigenvalue weighted by atomic mass is 16.5. The number of nitrogens with zero attached hydrogens (tertiary/aromatic N) is 1. The van der Waals surface area contributed by atoms with Gasteiger partial charge in [-0.1, -0.05) is 12.1 Å². The van der Waals surface area contributed by atoms with Crippen LogP contribution in [0.4, 0.5) is 0 Å². The largest absolute Gasteiger partial charge is 0.456 e. The molecule has 1 saturated carbocycles. The van der Waals surface area contributed by atoms with E-state index in [-0.39, 0.29) is 6.61 Å². The molecular formula is C16H18N2O2. The zero-order valence-corrected chi connectivity index (χ0v) is 11.2. The number of hydrogen-bond acceptors (Lipinski definition) is 4. The average molecular weight is 270 g/mol. The third-order valence-corrected chi connectivity index (χ3v) is 3.28. The van der Waals surface area contributed by atoms with E-state index in [1.807, 2.05) is 36.5 Å². The minimum atomic E-state index is 0.0458. The van der Waals surface area contributed by atoms with Crippen LogP contribution in [-0.4, -0.2) is 16.1 Å². The normalized spacial score (nSPS) is 14.2. The Morgan fingerprint density at radius 3 is 2.60 bits per heavy atom. The number of rotatable bonds is 6. The van der Waals surface area contributed by atoms with Gasteiger partial charge in [0, 0.05) is 18.8 Å². The summed E-state index contributed by atoms with van der Waals surface area (Å²) in [6.07, 6.45) is 6.12. The number of aliphatic hydroxyl groups is 1. The monoisotopic (exact) mass is 270 g/mol. The molecule has 1 aromatic heterocycles. The fourth-order valence-corrected chi connectivity index (χ4v) is 1.96. The second-order valence-corrected chi connectivity index (χ2v) is 5.09. The summed E-state index contributed by atoms with van der Waals surface area (Å²) >= 11 is 0. The standard InChI is InChI=1S/C16H18N2O2/c19-11-12-1-5-15(6-2-12)20-16-7-13(8-17-10-16)9-18-14-3-4-14/h1-2,5-8,10,14,18-19H,3-4,9,11H2. The Morgan fingerprint density at radius 2 is 1.90 bits per heavy atom. The fourth-order valence-electron chi connectivity index (χ4n) is 1.96. The molecule has 4 nitrogen and oxygen atoms in total. The van der Waals surface area contributed by atoms with Crippen molar-refractivity contribution in [3.63, 3.8) is 0 Å². The van der Waals surface area contributed by atoms with Gasteiger partial charge in [0.15, 0.2) is 0 Å². The lowest BCUT2D eigenvalue weighted by atomic mass is 10.2. The van der Waals surface area contributed by atoms with E-state index in [0.717, 1.165) is 29.2 Å². The summed E-state index contributed by atoms with van der Waals surface area (Å²) in [5.41, 5.74) is 2.00. The Bertz CT molecular complexity index is 565. The van der Waals surface area contributed by atoms with Crippen LogP contribution in [-0.2, 0) is 13.2 Å². The van der Waals surface area contributed by atoms with Crippen molar-refractivity contribution in [2.75, 3.05) is 0 Å². The zero-order chi connectivity index (χ0) is 13.8. The van der Waals surface area contributed by atoms with Gasteiger partial charge in [0.1, 0.15) is 11.5 Å². The van der Waals surface area contributed by atoms with E-state index in [1.54, 1.807) is 6.20 Å². The van der Waals surface area contributed by atoms with Gasteiger partial charge < -0.3 is 15.2 Å². The van der Waals surface area contributed by atoms with Crippen molar-refractivity contribution in [2.45, 2.75) is 32.0 Å². The molecule has 1 heterocycles. The van der Waals surface area contributed by atoms with E-state index >= 15 is 0 Å². The number of ether oxygens (including phenoxy) is 1. The maximum absolute atomic E-state index is 9.01. The van der Waals surface area contributed by atoms with Crippen LogP contribution in [0.3, 0.4) is 0 Å². The van der Waals surface area contributed by atoms with Gasteiger partial charge in [-0.25, -0.2) is 0 Å². The topological polar surface area (TPSA) is 54.4 Å². The molecule has 2 N–H and O–H groups in total. The highest BCUT2D eigenvalue weighted by Gasteiger charge is 2.19. The molecule has 0 aliphatic heterocycles. The van der Waals surface area contributed by atoms with E-state index in [1.165, 1.54) is 12.8 Å². The van der Waals surface area contributed by atoms with Gasteiger partial charge in [-0.3, -0.25) is 4.98 Å². The van der Waals surface area contributed by atoms with Crippen LogP contribution in [0.25, 0.3) is 0 Å². The summed E-state index contributed by atoms with van der Waals surface area (Å²) < 4.78 is 5.77. The van der Waals surface area contributed by atoms with Crippen LogP contribution in [0.2, 0.25) is 0 Å². The highest BCUT2D eigenvalue weighted by molar-refractivity contribution is 5.33. The summed E-state index contributed by atoms with van der Waals surface area (Å²) in [4.78, 5) is 4.21. The van der Waals surface area contributed by atoms with Gasteiger partial charge in [-0.05, 0) is 42.2 Å². The van der Waals surface area contributed by atoms with Crippen molar-refractivity contribution >= 4 is 0 Å². The van der Waals surface area contributed by atoms with Crippen LogP contribution in [0.1, 0.15) is 24.0 Å². The number of benzene rings is 1. The average Bonchev–Trinajstić information content (AvgIpc) is 3.31. The minimum Gasteiger partial charge on any atom is -0.456 e. The molecule has 0 radical (unpaired) electrons. The number of hydrogen-bond donors (Lipinski definition) is 2. The van der Waals surface area contributed by atoms with Crippen LogP contribution >= 0.6 is 0 Å². The maximum Gasteiger partial charge on any atom is 0.146 e. The lowest BCUT2D eigenvalue weighted by Gasteiger charge is -2.08. The molecule has 1 fully saturated rings. The van der Waals surface area contributed by atoms with Crippen molar-refractivity contribution in [1.82, 2.24) is 10.3 Å². The summed E-state index contributed by atoms with van der Waals surface area (Å²) in [5.74, 6) is 1.48. The van der Waals surface area contributed by atoms with Crippen LogP contribution in [0.5, 0.6) is 11.5 Å². The Morgan fingerprint density at radius 1 is 1.10 bits per heavy atom. The summed E-state index contributed by atoms with van der Waals surface area (Å²) in [5, 5.41) is 12.5. The molecule has 0 amide bonds. The molecule has 4 heteroatoms. The first-order valence-electron chi connectivity index (χ1n) is 6.88. The Labute approximate surface area is 118 Å². The van der Waals surface area contributed by atoms with Crippen molar-refractivity contribution in [2.24, 2.45) is 0 Å². The predicted octanol–water partition coefficient (Wildman–Crippen LogP) is 2.62. The lowest BCUT2D eigenvalue weighted by molar-refractivity contribution is 0.281. The Kier molecular flexibility index (Phi) is 3.95. The fraction of sp³-hybridized carbons (Fsp3) is 0.312. The van der Waals surface area contributed by atoms with Crippen molar-refractivity contribution in [3.8, 4) is 11.5 Å².